The molecule has 0 radical (unpaired) electrons. The minimum atomic E-state index is -3.94. The number of amides is 2. The molecule has 0 spiro atoms. The summed E-state index contributed by atoms with van der Waals surface area (Å²) in [7, 11) is -2.40. The van der Waals surface area contributed by atoms with Crippen LogP contribution in [0.5, 0.6) is 5.75 Å². The largest absolute Gasteiger partial charge is 0.497 e. The van der Waals surface area contributed by atoms with Crippen LogP contribution in [0.2, 0.25) is 5.02 Å². The standard InChI is InChI=1S/C24H31ClFN3O5S/c1-16(2)13-27-24(31)17(3)28(14-18-6-9-20(34-4)10-7-18)23(30)15-29(35(5,32)33)19-8-11-22(26)21(25)12-19/h6-12,16-17H,13-15H2,1-5H3,(H,27,31)/t17-/m0/s1. The second-order valence-electron chi connectivity index (χ2n) is 8.55. The second-order valence-corrected chi connectivity index (χ2v) is 10.9. The third kappa shape index (κ3) is 8.10. The van der Waals surface area contributed by atoms with Crippen molar-refractivity contribution in [3.05, 3.63) is 58.9 Å². The molecule has 11 heteroatoms. The first-order valence-corrected chi connectivity index (χ1v) is 13.2. The first-order chi connectivity index (χ1) is 16.3. The Morgan fingerprint density at radius 1 is 1.11 bits per heavy atom. The predicted octanol–water partition coefficient (Wildman–Crippen LogP) is 3.44. The zero-order valence-electron chi connectivity index (χ0n) is 20.4. The van der Waals surface area contributed by atoms with Crippen LogP contribution in [0, 0.1) is 11.7 Å². The van der Waals surface area contributed by atoms with E-state index in [9.17, 15) is 22.4 Å². The number of ether oxygens (including phenoxy) is 1. The topological polar surface area (TPSA) is 96.0 Å². The number of carbonyl (C=O) groups is 2. The second kappa shape index (κ2) is 12.2. The third-order valence-corrected chi connectivity index (χ3v) is 6.66. The predicted molar refractivity (Wildman–Crippen MR) is 134 cm³/mol. The molecule has 0 saturated heterocycles. The Labute approximate surface area is 211 Å². The molecule has 2 amide bonds. The van der Waals surface area contributed by atoms with E-state index in [1.165, 1.54) is 18.1 Å². The van der Waals surface area contributed by atoms with Crippen LogP contribution in [0.15, 0.2) is 42.5 Å². The molecule has 0 heterocycles. The Morgan fingerprint density at radius 2 is 1.74 bits per heavy atom. The number of halogens is 2. The van der Waals surface area contributed by atoms with Gasteiger partial charge in [0, 0.05) is 13.1 Å². The minimum Gasteiger partial charge on any atom is -0.497 e. The molecule has 2 rings (SSSR count). The lowest BCUT2D eigenvalue weighted by Gasteiger charge is -2.31. The highest BCUT2D eigenvalue weighted by molar-refractivity contribution is 7.92. The van der Waals surface area contributed by atoms with Gasteiger partial charge in [0.1, 0.15) is 24.2 Å². The lowest BCUT2D eigenvalue weighted by atomic mass is 10.1. The van der Waals surface area contributed by atoms with Crippen molar-refractivity contribution >= 4 is 39.1 Å². The molecule has 0 saturated carbocycles. The minimum absolute atomic E-state index is 0.0357. The molecule has 0 aliphatic heterocycles. The first-order valence-electron chi connectivity index (χ1n) is 11.0. The van der Waals surface area contributed by atoms with E-state index in [4.69, 9.17) is 16.3 Å². The van der Waals surface area contributed by atoms with Crippen LogP contribution in [-0.4, -0.2) is 57.6 Å². The molecule has 0 bridgehead atoms. The van der Waals surface area contributed by atoms with E-state index in [0.29, 0.717) is 12.3 Å². The summed E-state index contributed by atoms with van der Waals surface area (Å²) in [6.45, 7) is 5.36. The van der Waals surface area contributed by atoms with Crippen molar-refractivity contribution in [2.24, 2.45) is 5.92 Å². The lowest BCUT2D eigenvalue weighted by molar-refractivity contribution is -0.139. The normalized spacial score (nSPS) is 12.2. The summed E-state index contributed by atoms with van der Waals surface area (Å²) in [6.07, 6.45) is 0.935. The van der Waals surface area contributed by atoms with Crippen LogP contribution in [0.3, 0.4) is 0 Å². The van der Waals surface area contributed by atoms with Crippen LogP contribution in [0.1, 0.15) is 26.3 Å². The molecule has 1 atom stereocenters. The molecular weight excluding hydrogens is 497 g/mol. The number of rotatable bonds is 11. The summed E-state index contributed by atoms with van der Waals surface area (Å²) in [4.78, 5) is 27.6. The van der Waals surface area contributed by atoms with Gasteiger partial charge >= 0.3 is 0 Å². The van der Waals surface area contributed by atoms with Gasteiger partial charge in [0.2, 0.25) is 21.8 Å². The van der Waals surface area contributed by atoms with Crippen LogP contribution in [0.4, 0.5) is 10.1 Å². The molecule has 192 valence electrons. The number of hydrogen-bond acceptors (Lipinski definition) is 5. The van der Waals surface area contributed by atoms with E-state index < -0.39 is 34.3 Å². The van der Waals surface area contributed by atoms with E-state index in [0.717, 1.165) is 28.3 Å². The van der Waals surface area contributed by atoms with Crippen molar-refractivity contribution in [1.82, 2.24) is 10.2 Å². The molecule has 0 aliphatic rings. The molecule has 1 N–H and O–H groups in total. The number of anilines is 1. The fourth-order valence-electron chi connectivity index (χ4n) is 3.22. The van der Waals surface area contributed by atoms with Crippen molar-refractivity contribution in [2.45, 2.75) is 33.4 Å². The lowest BCUT2D eigenvalue weighted by Crippen LogP contribution is -2.51. The highest BCUT2D eigenvalue weighted by atomic mass is 35.5. The summed E-state index contributed by atoms with van der Waals surface area (Å²) in [5, 5.41) is 2.53. The maximum absolute atomic E-state index is 13.6. The Hall–Kier alpha value is -2.85. The maximum atomic E-state index is 13.6. The molecule has 2 aromatic rings. The van der Waals surface area contributed by atoms with Gasteiger partial charge in [-0.05, 0) is 48.7 Å². The number of nitrogens with one attached hydrogen (secondary N) is 1. The fourth-order valence-corrected chi connectivity index (χ4v) is 4.23. The zero-order chi connectivity index (χ0) is 26.3. The average Bonchev–Trinajstić information content (AvgIpc) is 2.80. The number of sulfonamides is 1. The maximum Gasteiger partial charge on any atom is 0.244 e. The van der Waals surface area contributed by atoms with Crippen molar-refractivity contribution in [3.8, 4) is 5.75 Å². The van der Waals surface area contributed by atoms with Gasteiger partial charge in [0.05, 0.1) is 24.1 Å². The smallest absolute Gasteiger partial charge is 0.244 e. The van der Waals surface area contributed by atoms with Crippen molar-refractivity contribution in [2.75, 3.05) is 30.8 Å². The molecule has 0 fully saturated rings. The van der Waals surface area contributed by atoms with E-state index in [-0.39, 0.29) is 29.1 Å². The van der Waals surface area contributed by atoms with Gasteiger partial charge in [0.15, 0.2) is 0 Å². The Balaban J connectivity index is 2.38. The van der Waals surface area contributed by atoms with E-state index in [1.807, 2.05) is 13.8 Å². The number of benzene rings is 2. The van der Waals surface area contributed by atoms with Crippen LogP contribution in [-0.2, 0) is 26.2 Å². The molecule has 0 aliphatic carbocycles. The van der Waals surface area contributed by atoms with Gasteiger partial charge in [0.25, 0.3) is 0 Å². The summed E-state index contributed by atoms with van der Waals surface area (Å²) in [5.41, 5.74) is 0.756. The molecule has 2 aromatic carbocycles. The third-order valence-electron chi connectivity index (χ3n) is 5.23. The zero-order valence-corrected chi connectivity index (χ0v) is 22.0. The Bertz CT molecular complexity index is 1140. The van der Waals surface area contributed by atoms with Crippen LogP contribution < -0.4 is 14.4 Å². The molecule has 0 aromatic heterocycles. The van der Waals surface area contributed by atoms with Gasteiger partial charge in [-0.1, -0.05) is 37.6 Å². The first kappa shape index (κ1) is 28.4. The molecule has 0 unspecified atom stereocenters. The number of hydrogen-bond donors (Lipinski definition) is 1. The van der Waals surface area contributed by atoms with Gasteiger partial charge in [-0.3, -0.25) is 13.9 Å². The Morgan fingerprint density at radius 3 is 2.26 bits per heavy atom. The van der Waals surface area contributed by atoms with Gasteiger partial charge in [-0.2, -0.15) is 0 Å². The van der Waals surface area contributed by atoms with Gasteiger partial charge < -0.3 is 15.0 Å². The highest BCUT2D eigenvalue weighted by Crippen LogP contribution is 2.25. The van der Waals surface area contributed by atoms with Crippen LogP contribution in [0.25, 0.3) is 0 Å². The van der Waals surface area contributed by atoms with Crippen molar-refractivity contribution < 1.29 is 27.1 Å². The van der Waals surface area contributed by atoms with E-state index in [2.05, 4.69) is 5.32 Å². The summed E-state index contributed by atoms with van der Waals surface area (Å²) < 4.78 is 44.7. The number of carbonyl (C=O) groups excluding carboxylic acids is 2. The quantitative estimate of drug-likeness (QED) is 0.483. The number of methoxy groups -OCH3 is 1. The van der Waals surface area contributed by atoms with E-state index in [1.54, 1.807) is 31.2 Å². The SMILES string of the molecule is COc1ccc(CN(C(=O)CN(c2ccc(F)c(Cl)c2)S(C)(=O)=O)[C@@H](C)C(=O)NCC(C)C)cc1. The molecular formula is C24H31ClFN3O5S. The van der Waals surface area contributed by atoms with Crippen LogP contribution >= 0.6 is 11.6 Å². The molecule has 8 nitrogen and oxygen atoms in total. The van der Waals surface area contributed by atoms with Gasteiger partial charge in [-0.15, -0.1) is 0 Å². The summed E-state index contributed by atoms with van der Waals surface area (Å²) in [6, 6.07) is 9.46. The summed E-state index contributed by atoms with van der Waals surface area (Å²) in [5.74, 6) is -0.853. The van der Waals surface area contributed by atoms with E-state index >= 15 is 0 Å². The summed E-state index contributed by atoms with van der Waals surface area (Å²) >= 11 is 5.84. The van der Waals surface area contributed by atoms with Gasteiger partial charge in [-0.25, -0.2) is 12.8 Å². The van der Waals surface area contributed by atoms with Crippen molar-refractivity contribution in [1.29, 1.82) is 0 Å². The molecule has 35 heavy (non-hydrogen) atoms. The fraction of sp³-hybridized carbons (Fsp3) is 0.417. The highest BCUT2D eigenvalue weighted by Gasteiger charge is 2.30. The number of nitrogens with zero attached hydrogens (tertiary/aromatic N) is 2. The Kier molecular flexibility index (Phi) is 9.91. The monoisotopic (exact) mass is 527 g/mol. The average molecular weight is 528 g/mol. The van der Waals surface area contributed by atoms with Crippen molar-refractivity contribution in [3.63, 3.8) is 0 Å².